The van der Waals surface area contributed by atoms with Gasteiger partial charge in [-0.3, -0.25) is 4.79 Å². The fraction of sp³-hybridized carbons (Fsp3) is 0.444. The number of halogens is 1. The number of nitrogens with one attached hydrogen (secondary N) is 1. The molecule has 1 heterocycles. The number of amides is 1. The molecular formula is C9H12ClNO3S2. The summed E-state index contributed by atoms with van der Waals surface area (Å²) >= 11 is 0.938. The first kappa shape index (κ1) is 13.5. The number of rotatable bonds is 4. The molecule has 0 bridgehead atoms. The van der Waals surface area contributed by atoms with Crippen molar-refractivity contribution in [2.75, 3.05) is 6.54 Å². The number of carbonyl (C=O) groups is 1. The lowest BCUT2D eigenvalue weighted by Crippen LogP contribution is -2.26. The summed E-state index contributed by atoms with van der Waals surface area (Å²) in [5.41, 5.74) is 0.324. The molecule has 0 aliphatic rings. The Morgan fingerprint density at radius 2 is 2.19 bits per heavy atom. The standard InChI is InChI=1S/C9H12ClNO3S2/c1-6(2)4-11-9(12)7-3-8(15-5-7)16(10,13)14/h3,5-6H,4H2,1-2H3,(H,11,12). The van der Waals surface area contributed by atoms with E-state index in [9.17, 15) is 13.2 Å². The van der Waals surface area contributed by atoms with Crippen LogP contribution in [0.1, 0.15) is 24.2 Å². The highest BCUT2D eigenvalue weighted by atomic mass is 35.7. The zero-order valence-electron chi connectivity index (χ0n) is 8.86. The molecule has 16 heavy (non-hydrogen) atoms. The summed E-state index contributed by atoms with van der Waals surface area (Å²) in [5.74, 6) is 0.0651. The van der Waals surface area contributed by atoms with Gasteiger partial charge >= 0.3 is 0 Å². The van der Waals surface area contributed by atoms with Crippen molar-refractivity contribution in [2.24, 2.45) is 5.92 Å². The smallest absolute Gasteiger partial charge is 0.270 e. The highest BCUT2D eigenvalue weighted by molar-refractivity contribution is 8.15. The Hall–Kier alpha value is -0.590. The van der Waals surface area contributed by atoms with E-state index in [0.717, 1.165) is 11.3 Å². The number of hydrogen-bond acceptors (Lipinski definition) is 4. The SMILES string of the molecule is CC(C)CNC(=O)c1csc(S(=O)(=O)Cl)c1. The molecule has 0 saturated heterocycles. The second-order valence-corrected chi connectivity index (χ2v) is 7.40. The van der Waals surface area contributed by atoms with E-state index in [2.05, 4.69) is 5.32 Å². The molecule has 0 aliphatic heterocycles. The Morgan fingerprint density at radius 3 is 2.62 bits per heavy atom. The molecule has 90 valence electrons. The molecule has 0 aromatic carbocycles. The summed E-state index contributed by atoms with van der Waals surface area (Å²) in [6, 6.07) is 1.28. The molecular weight excluding hydrogens is 270 g/mol. The summed E-state index contributed by atoms with van der Waals surface area (Å²) < 4.78 is 21.9. The van der Waals surface area contributed by atoms with Crippen LogP contribution in [-0.2, 0) is 9.05 Å². The van der Waals surface area contributed by atoms with Crippen LogP contribution in [-0.4, -0.2) is 20.9 Å². The van der Waals surface area contributed by atoms with Gasteiger partial charge < -0.3 is 5.32 Å². The second-order valence-electron chi connectivity index (χ2n) is 3.70. The molecule has 7 heteroatoms. The number of thiophene rings is 1. The van der Waals surface area contributed by atoms with Gasteiger partial charge in [-0.2, -0.15) is 0 Å². The molecule has 1 aromatic heterocycles. The van der Waals surface area contributed by atoms with E-state index >= 15 is 0 Å². The van der Waals surface area contributed by atoms with Crippen LogP contribution in [0.4, 0.5) is 0 Å². The topological polar surface area (TPSA) is 63.2 Å². The molecule has 1 aromatic rings. The first-order valence-electron chi connectivity index (χ1n) is 4.62. The molecule has 4 nitrogen and oxygen atoms in total. The molecule has 0 saturated carbocycles. The Morgan fingerprint density at radius 1 is 1.56 bits per heavy atom. The van der Waals surface area contributed by atoms with E-state index in [1.807, 2.05) is 13.8 Å². The molecule has 1 amide bonds. The van der Waals surface area contributed by atoms with Crippen molar-refractivity contribution >= 4 is 37.0 Å². The van der Waals surface area contributed by atoms with Crippen LogP contribution in [0.3, 0.4) is 0 Å². The molecule has 0 aliphatic carbocycles. The average Bonchev–Trinajstić information content (AvgIpc) is 2.61. The highest BCUT2D eigenvalue weighted by Crippen LogP contribution is 2.23. The van der Waals surface area contributed by atoms with Gasteiger partial charge in [0.2, 0.25) is 0 Å². The Kier molecular flexibility index (Phi) is 4.35. The van der Waals surface area contributed by atoms with Gasteiger partial charge in [0, 0.05) is 22.6 Å². The second kappa shape index (κ2) is 5.16. The van der Waals surface area contributed by atoms with Crippen molar-refractivity contribution in [1.29, 1.82) is 0 Å². The van der Waals surface area contributed by atoms with Crippen LogP contribution in [0.5, 0.6) is 0 Å². The van der Waals surface area contributed by atoms with Crippen molar-refractivity contribution < 1.29 is 13.2 Å². The molecule has 0 spiro atoms. The van der Waals surface area contributed by atoms with Gasteiger partial charge in [-0.1, -0.05) is 13.8 Å². The van der Waals surface area contributed by atoms with Crippen LogP contribution in [0, 0.1) is 5.92 Å². The summed E-state index contributed by atoms with van der Waals surface area (Å²) in [6.45, 7) is 4.50. The lowest BCUT2D eigenvalue weighted by Gasteiger charge is -2.05. The van der Waals surface area contributed by atoms with E-state index in [-0.39, 0.29) is 10.1 Å². The van der Waals surface area contributed by atoms with E-state index in [1.54, 1.807) is 0 Å². The van der Waals surface area contributed by atoms with Gasteiger partial charge in [0.15, 0.2) is 0 Å². The normalized spacial score (nSPS) is 11.8. The minimum Gasteiger partial charge on any atom is -0.352 e. The van der Waals surface area contributed by atoms with Crippen LogP contribution < -0.4 is 5.32 Å². The van der Waals surface area contributed by atoms with Crippen molar-refractivity contribution in [3.63, 3.8) is 0 Å². The first-order chi connectivity index (χ1) is 7.30. The van der Waals surface area contributed by atoms with E-state index in [0.29, 0.717) is 18.0 Å². The molecule has 1 N–H and O–H groups in total. The Balaban J connectivity index is 2.75. The van der Waals surface area contributed by atoms with Gasteiger partial charge in [0.05, 0.1) is 5.56 Å². The molecule has 0 fully saturated rings. The summed E-state index contributed by atoms with van der Waals surface area (Å²) in [5, 5.41) is 4.17. The summed E-state index contributed by atoms with van der Waals surface area (Å²) in [6.07, 6.45) is 0. The minimum atomic E-state index is -3.74. The van der Waals surface area contributed by atoms with Gasteiger partial charge in [-0.25, -0.2) is 8.42 Å². The average molecular weight is 282 g/mol. The third-order valence-corrected chi connectivity index (χ3v) is 4.79. The maximum absolute atomic E-state index is 11.5. The number of hydrogen-bond donors (Lipinski definition) is 1. The largest absolute Gasteiger partial charge is 0.352 e. The maximum atomic E-state index is 11.5. The van der Waals surface area contributed by atoms with E-state index in [1.165, 1.54) is 11.4 Å². The molecule has 0 atom stereocenters. The van der Waals surface area contributed by atoms with Crippen LogP contribution in [0.2, 0.25) is 0 Å². The molecule has 0 radical (unpaired) electrons. The highest BCUT2D eigenvalue weighted by Gasteiger charge is 2.16. The monoisotopic (exact) mass is 281 g/mol. The lowest BCUT2D eigenvalue weighted by molar-refractivity contribution is 0.0949. The fourth-order valence-corrected chi connectivity index (χ4v) is 2.91. The minimum absolute atomic E-state index is 0.0103. The molecule has 1 rings (SSSR count). The molecule has 0 unspecified atom stereocenters. The van der Waals surface area contributed by atoms with E-state index < -0.39 is 9.05 Å². The summed E-state index contributed by atoms with van der Waals surface area (Å²) in [4.78, 5) is 11.5. The van der Waals surface area contributed by atoms with Gasteiger partial charge in [-0.15, -0.1) is 11.3 Å². The van der Waals surface area contributed by atoms with E-state index in [4.69, 9.17) is 10.7 Å². The third kappa shape index (κ3) is 3.77. The van der Waals surface area contributed by atoms with Crippen LogP contribution >= 0.6 is 22.0 Å². The van der Waals surface area contributed by atoms with Gasteiger partial charge in [0.25, 0.3) is 15.0 Å². The predicted molar refractivity (Wildman–Crippen MR) is 64.5 cm³/mol. The zero-order chi connectivity index (χ0) is 12.3. The Labute approximate surface area is 103 Å². The summed E-state index contributed by atoms with van der Waals surface area (Å²) in [7, 11) is 1.42. The fourth-order valence-electron chi connectivity index (χ4n) is 0.962. The third-order valence-electron chi connectivity index (χ3n) is 1.75. The van der Waals surface area contributed by atoms with Crippen molar-refractivity contribution in [2.45, 2.75) is 18.1 Å². The Bertz CT molecular complexity index is 479. The van der Waals surface area contributed by atoms with Gasteiger partial charge in [0.1, 0.15) is 4.21 Å². The first-order valence-corrected chi connectivity index (χ1v) is 7.81. The maximum Gasteiger partial charge on any atom is 0.270 e. The van der Waals surface area contributed by atoms with Crippen LogP contribution in [0.25, 0.3) is 0 Å². The van der Waals surface area contributed by atoms with Crippen molar-refractivity contribution in [1.82, 2.24) is 5.32 Å². The van der Waals surface area contributed by atoms with Crippen molar-refractivity contribution in [3.05, 3.63) is 17.0 Å². The van der Waals surface area contributed by atoms with Gasteiger partial charge in [-0.05, 0) is 12.0 Å². The zero-order valence-corrected chi connectivity index (χ0v) is 11.2. The van der Waals surface area contributed by atoms with Crippen molar-refractivity contribution in [3.8, 4) is 0 Å². The predicted octanol–water partition coefficient (Wildman–Crippen LogP) is 2.06. The van der Waals surface area contributed by atoms with Crippen LogP contribution in [0.15, 0.2) is 15.7 Å². The lowest BCUT2D eigenvalue weighted by atomic mass is 10.2. The quantitative estimate of drug-likeness (QED) is 0.859. The number of carbonyl (C=O) groups excluding carboxylic acids is 1.